The lowest BCUT2D eigenvalue weighted by molar-refractivity contribution is -0.134. The van der Waals surface area contributed by atoms with Crippen LogP contribution in [0.4, 0.5) is 0 Å². The number of carbonyl (C=O) groups is 1. The smallest absolute Gasteiger partial charge is 0.240 e. The van der Waals surface area contributed by atoms with Crippen LogP contribution >= 0.6 is 0 Å². The third-order valence-electron chi connectivity index (χ3n) is 3.00. The first kappa shape index (κ1) is 15.0. The lowest BCUT2D eigenvalue weighted by Crippen LogP contribution is -2.34. The average Bonchev–Trinajstić information content (AvgIpc) is 2.39. The predicted molar refractivity (Wildman–Crippen MR) is 73.4 cm³/mol. The summed E-state index contributed by atoms with van der Waals surface area (Å²) in [5.41, 5.74) is 0.982. The Labute approximate surface area is 114 Å². The fourth-order valence-electron chi connectivity index (χ4n) is 1.85. The summed E-state index contributed by atoms with van der Waals surface area (Å²) >= 11 is 0. The number of benzene rings is 1. The third kappa shape index (κ3) is 3.99. The van der Waals surface area contributed by atoms with Gasteiger partial charge >= 0.3 is 0 Å². The van der Waals surface area contributed by atoms with E-state index in [4.69, 9.17) is 10.00 Å². The van der Waals surface area contributed by atoms with E-state index in [-0.39, 0.29) is 11.8 Å². The molecule has 4 heteroatoms. The van der Waals surface area contributed by atoms with Gasteiger partial charge in [-0.15, -0.1) is 0 Å². The van der Waals surface area contributed by atoms with Gasteiger partial charge in [0.25, 0.3) is 0 Å². The molecule has 0 saturated heterocycles. The van der Waals surface area contributed by atoms with Gasteiger partial charge in [0.1, 0.15) is 11.7 Å². The van der Waals surface area contributed by atoms with Crippen molar-refractivity contribution in [1.29, 1.82) is 5.26 Å². The van der Waals surface area contributed by atoms with Crippen molar-refractivity contribution >= 4 is 5.91 Å². The van der Waals surface area contributed by atoms with E-state index in [1.165, 1.54) is 0 Å². The second-order valence-electron chi connectivity index (χ2n) is 4.90. The van der Waals surface area contributed by atoms with E-state index in [1.807, 2.05) is 38.1 Å². The first-order valence-electron chi connectivity index (χ1n) is 6.27. The van der Waals surface area contributed by atoms with E-state index >= 15 is 0 Å². The molecule has 19 heavy (non-hydrogen) atoms. The monoisotopic (exact) mass is 260 g/mol. The number of amides is 1. The number of nitrogens with zero attached hydrogens (tertiary/aromatic N) is 2. The fraction of sp³-hybridized carbons (Fsp3) is 0.467. The SMILES string of the molecule is COc1cccc(CN(C)C(=O)C(C#N)C(C)C)c1. The molecule has 1 unspecified atom stereocenters. The molecule has 1 aromatic carbocycles. The molecule has 0 aromatic heterocycles. The first-order valence-corrected chi connectivity index (χ1v) is 6.27. The standard InChI is InChI=1S/C15H20N2O2/c1-11(2)14(9-16)15(18)17(3)10-12-6-5-7-13(8-12)19-4/h5-8,11,14H,10H2,1-4H3. The molecular formula is C15H20N2O2. The molecule has 1 aromatic rings. The van der Waals surface area contributed by atoms with Crippen LogP contribution in [-0.2, 0) is 11.3 Å². The summed E-state index contributed by atoms with van der Waals surface area (Å²) in [6.07, 6.45) is 0. The number of carbonyl (C=O) groups excluding carboxylic acids is 1. The quantitative estimate of drug-likeness (QED) is 0.817. The Balaban J connectivity index is 2.76. The molecule has 1 amide bonds. The highest BCUT2D eigenvalue weighted by Crippen LogP contribution is 2.17. The minimum Gasteiger partial charge on any atom is -0.497 e. The maximum Gasteiger partial charge on any atom is 0.240 e. The van der Waals surface area contributed by atoms with E-state index < -0.39 is 5.92 Å². The van der Waals surface area contributed by atoms with Crippen LogP contribution in [0.1, 0.15) is 19.4 Å². The van der Waals surface area contributed by atoms with Gasteiger partial charge in [0.15, 0.2) is 0 Å². The fourth-order valence-corrected chi connectivity index (χ4v) is 1.85. The van der Waals surface area contributed by atoms with Gasteiger partial charge in [0.05, 0.1) is 13.2 Å². The second-order valence-corrected chi connectivity index (χ2v) is 4.90. The van der Waals surface area contributed by atoms with Gasteiger partial charge < -0.3 is 9.64 Å². The second kappa shape index (κ2) is 6.79. The number of methoxy groups -OCH3 is 1. The van der Waals surface area contributed by atoms with E-state index in [0.29, 0.717) is 6.54 Å². The number of ether oxygens (including phenoxy) is 1. The van der Waals surface area contributed by atoms with Crippen LogP contribution in [0.5, 0.6) is 5.75 Å². The van der Waals surface area contributed by atoms with Gasteiger partial charge in [-0.05, 0) is 23.6 Å². The Morgan fingerprint density at radius 2 is 2.16 bits per heavy atom. The molecule has 0 aliphatic carbocycles. The van der Waals surface area contributed by atoms with Crippen molar-refractivity contribution < 1.29 is 9.53 Å². The molecule has 102 valence electrons. The summed E-state index contributed by atoms with van der Waals surface area (Å²) in [6.45, 7) is 4.23. The topological polar surface area (TPSA) is 53.3 Å². The normalized spacial score (nSPS) is 11.8. The molecule has 0 aliphatic heterocycles. The Hall–Kier alpha value is -2.02. The van der Waals surface area contributed by atoms with Crippen LogP contribution in [0.2, 0.25) is 0 Å². The zero-order valence-corrected chi connectivity index (χ0v) is 11.9. The number of hydrogen-bond acceptors (Lipinski definition) is 3. The van der Waals surface area contributed by atoms with E-state index in [2.05, 4.69) is 6.07 Å². The van der Waals surface area contributed by atoms with Crippen LogP contribution in [0.15, 0.2) is 24.3 Å². The lowest BCUT2D eigenvalue weighted by Gasteiger charge is -2.22. The molecule has 0 fully saturated rings. The lowest BCUT2D eigenvalue weighted by atomic mass is 9.96. The molecule has 0 bridgehead atoms. The maximum atomic E-state index is 12.1. The molecule has 4 nitrogen and oxygen atoms in total. The molecule has 0 spiro atoms. The minimum atomic E-state index is -0.587. The molecule has 0 N–H and O–H groups in total. The van der Waals surface area contributed by atoms with Crippen molar-refractivity contribution in [2.45, 2.75) is 20.4 Å². The van der Waals surface area contributed by atoms with Gasteiger partial charge in [0, 0.05) is 13.6 Å². The van der Waals surface area contributed by atoms with Crippen LogP contribution in [-0.4, -0.2) is 25.0 Å². The Bertz CT molecular complexity index is 477. The Kier molecular flexibility index (Phi) is 5.37. The van der Waals surface area contributed by atoms with Gasteiger partial charge in [-0.3, -0.25) is 4.79 Å². The predicted octanol–water partition coefficient (Wildman–Crippen LogP) is 2.45. The van der Waals surface area contributed by atoms with E-state index in [9.17, 15) is 4.79 Å². The summed E-state index contributed by atoms with van der Waals surface area (Å²) in [5.74, 6) is 0.0558. The van der Waals surface area contributed by atoms with E-state index in [1.54, 1.807) is 19.1 Å². The summed E-state index contributed by atoms with van der Waals surface area (Å²) < 4.78 is 5.15. The van der Waals surface area contributed by atoms with Crippen molar-refractivity contribution in [1.82, 2.24) is 4.90 Å². The van der Waals surface area contributed by atoms with Crippen LogP contribution in [0.25, 0.3) is 0 Å². The van der Waals surface area contributed by atoms with Crippen molar-refractivity contribution in [3.05, 3.63) is 29.8 Å². The highest BCUT2D eigenvalue weighted by Gasteiger charge is 2.24. The minimum absolute atomic E-state index is 0.0188. The molecule has 0 aliphatic rings. The van der Waals surface area contributed by atoms with Gasteiger partial charge in [-0.1, -0.05) is 26.0 Å². The molecule has 1 rings (SSSR count). The highest BCUT2D eigenvalue weighted by atomic mass is 16.5. The van der Waals surface area contributed by atoms with Gasteiger partial charge in [0.2, 0.25) is 5.91 Å². The summed E-state index contributed by atoms with van der Waals surface area (Å²) in [6, 6.07) is 9.64. The zero-order valence-electron chi connectivity index (χ0n) is 11.9. The van der Waals surface area contributed by atoms with Crippen molar-refractivity contribution in [3.63, 3.8) is 0 Å². The van der Waals surface area contributed by atoms with Crippen molar-refractivity contribution in [2.75, 3.05) is 14.2 Å². The largest absolute Gasteiger partial charge is 0.497 e. The number of rotatable bonds is 5. The summed E-state index contributed by atoms with van der Waals surface area (Å²) in [4.78, 5) is 13.7. The molecule has 1 atom stereocenters. The first-order chi connectivity index (χ1) is 8.99. The molecule has 0 saturated carbocycles. The average molecular weight is 260 g/mol. The van der Waals surface area contributed by atoms with Crippen LogP contribution in [0, 0.1) is 23.2 Å². The zero-order chi connectivity index (χ0) is 14.4. The van der Waals surface area contributed by atoms with Crippen molar-refractivity contribution in [2.24, 2.45) is 11.8 Å². The third-order valence-corrected chi connectivity index (χ3v) is 3.00. The van der Waals surface area contributed by atoms with Crippen LogP contribution < -0.4 is 4.74 Å². The Morgan fingerprint density at radius 1 is 1.47 bits per heavy atom. The summed E-state index contributed by atoms with van der Waals surface area (Å²) in [5, 5.41) is 9.05. The summed E-state index contributed by atoms with van der Waals surface area (Å²) in [7, 11) is 3.33. The molecule has 0 heterocycles. The number of nitriles is 1. The van der Waals surface area contributed by atoms with Crippen molar-refractivity contribution in [3.8, 4) is 11.8 Å². The van der Waals surface area contributed by atoms with E-state index in [0.717, 1.165) is 11.3 Å². The number of hydrogen-bond donors (Lipinski definition) is 0. The Morgan fingerprint density at radius 3 is 2.68 bits per heavy atom. The molecule has 0 radical (unpaired) electrons. The highest BCUT2D eigenvalue weighted by molar-refractivity contribution is 5.81. The molecular weight excluding hydrogens is 240 g/mol. The van der Waals surface area contributed by atoms with Gasteiger partial charge in [-0.2, -0.15) is 5.26 Å². The van der Waals surface area contributed by atoms with Crippen LogP contribution in [0.3, 0.4) is 0 Å². The maximum absolute atomic E-state index is 12.1. The van der Waals surface area contributed by atoms with Gasteiger partial charge in [-0.25, -0.2) is 0 Å².